The minimum absolute atomic E-state index is 0.0498. The van der Waals surface area contributed by atoms with Crippen molar-refractivity contribution in [3.05, 3.63) is 34.9 Å². The maximum atomic E-state index is 13.4. The molecule has 1 aromatic rings. The number of hydrogen-bond donors (Lipinski definition) is 2. The molecule has 74 valence electrons. The van der Waals surface area contributed by atoms with E-state index in [-0.39, 0.29) is 5.84 Å². The first-order chi connectivity index (χ1) is 6.68. The van der Waals surface area contributed by atoms with Crippen LogP contribution in [-0.2, 0) is 6.42 Å². The topological polar surface area (TPSA) is 49.9 Å². The van der Waals surface area contributed by atoms with Crippen LogP contribution >= 0.6 is 0 Å². The second-order valence-corrected chi connectivity index (χ2v) is 3.69. The summed E-state index contributed by atoms with van der Waals surface area (Å²) in [4.78, 5) is 0. The highest BCUT2D eigenvalue weighted by atomic mass is 19.1. The highest BCUT2D eigenvalue weighted by Crippen LogP contribution is 2.32. The molecule has 3 heteroatoms. The molecule has 1 unspecified atom stereocenters. The second kappa shape index (κ2) is 3.40. The molecule has 0 aromatic heterocycles. The largest absolute Gasteiger partial charge is 0.384 e. The van der Waals surface area contributed by atoms with Crippen LogP contribution in [-0.4, -0.2) is 5.84 Å². The third kappa shape index (κ3) is 1.50. The van der Waals surface area contributed by atoms with Crippen LogP contribution in [0.2, 0.25) is 0 Å². The summed E-state index contributed by atoms with van der Waals surface area (Å²) in [6.45, 7) is 0. The maximum absolute atomic E-state index is 13.4. The van der Waals surface area contributed by atoms with Crippen molar-refractivity contribution < 1.29 is 4.39 Å². The molecule has 0 bridgehead atoms. The normalized spacial score (nSPS) is 20.2. The van der Waals surface area contributed by atoms with E-state index in [2.05, 4.69) is 0 Å². The van der Waals surface area contributed by atoms with E-state index in [0.29, 0.717) is 12.0 Å². The van der Waals surface area contributed by atoms with Crippen LogP contribution < -0.4 is 5.73 Å². The molecule has 2 rings (SSSR count). The quantitative estimate of drug-likeness (QED) is 0.520. The summed E-state index contributed by atoms with van der Waals surface area (Å²) in [6.07, 6.45) is 1.57. The zero-order valence-electron chi connectivity index (χ0n) is 7.89. The lowest BCUT2D eigenvalue weighted by Gasteiger charge is -2.19. The highest BCUT2D eigenvalue weighted by molar-refractivity contribution is 5.95. The summed E-state index contributed by atoms with van der Waals surface area (Å²) in [7, 11) is 0. The SMILES string of the molecule is N=C(N)c1ccc2c(c1)CCCC2F. The van der Waals surface area contributed by atoms with E-state index in [4.69, 9.17) is 11.1 Å². The van der Waals surface area contributed by atoms with E-state index in [1.807, 2.05) is 6.07 Å². The molecule has 0 saturated heterocycles. The molecule has 1 aliphatic carbocycles. The molecule has 0 radical (unpaired) electrons. The molecule has 2 nitrogen and oxygen atoms in total. The predicted octanol–water partition coefficient (Wildman–Crippen LogP) is 2.32. The standard InChI is InChI=1S/C11H13FN2/c12-10-3-1-2-7-6-8(11(13)14)4-5-9(7)10/h4-6,10H,1-3H2,(H3,13,14). The number of alkyl halides is 1. The Bertz CT molecular complexity index is 374. The summed E-state index contributed by atoms with van der Waals surface area (Å²) >= 11 is 0. The molecule has 0 fully saturated rings. The number of nitrogens with two attached hydrogens (primary N) is 1. The van der Waals surface area contributed by atoms with Crippen molar-refractivity contribution in [3.63, 3.8) is 0 Å². The van der Waals surface area contributed by atoms with Gasteiger partial charge in [-0.25, -0.2) is 4.39 Å². The minimum atomic E-state index is -0.834. The molecule has 14 heavy (non-hydrogen) atoms. The van der Waals surface area contributed by atoms with Crippen LogP contribution in [0.3, 0.4) is 0 Å². The number of hydrogen-bond acceptors (Lipinski definition) is 1. The van der Waals surface area contributed by atoms with Crippen molar-refractivity contribution in [1.29, 1.82) is 5.41 Å². The lowest BCUT2D eigenvalue weighted by Crippen LogP contribution is -2.13. The van der Waals surface area contributed by atoms with E-state index < -0.39 is 6.17 Å². The van der Waals surface area contributed by atoms with Gasteiger partial charge in [0.05, 0.1) is 0 Å². The Kier molecular flexibility index (Phi) is 2.23. The van der Waals surface area contributed by atoms with Gasteiger partial charge < -0.3 is 5.73 Å². The fraction of sp³-hybridized carbons (Fsp3) is 0.364. The third-order valence-electron chi connectivity index (χ3n) is 2.70. The number of benzene rings is 1. The van der Waals surface area contributed by atoms with Crippen molar-refractivity contribution in [2.45, 2.75) is 25.4 Å². The van der Waals surface area contributed by atoms with Gasteiger partial charge in [-0.1, -0.05) is 12.1 Å². The Labute approximate surface area is 82.4 Å². The number of halogens is 1. The Morgan fingerprint density at radius 2 is 2.29 bits per heavy atom. The molecule has 0 aliphatic heterocycles. The number of rotatable bonds is 1. The highest BCUT2D eigenvalue weighted by Gasteiger charge is 2.19. The van der Waals surface area contributed by atoms with Crippen LogP contribution in [0, 0.1) is 5.41 Å². The van der Waals surface area contributed by atoms with E-state index in [9.17, 15) is 4.39 Å². The smallest absolute Gasteiger partial charge is 0.125 e. The van der Waals surface area contributed by atoms with Gasteiger partial charge in [-0.15, -0.1) is 0 Å². The zero-order chi connectivity index (χ0) is 10.1. The summed E-state index contributed by atoms with van der Waals surface area (Å²) in [5.74, 6) is 0.0498. The molecule has 1 aliphatic rings. The van der Waals surface area contributed by atoms with Gasteiger partial charge in [0.1, 0.15) is 12.0 Å². The Balaban J connectivity index is 2.44. The van der Waals surface area contributed by atoms with Gasteiger partial charge in [-0.3, -0.25) is 5.41 Å². The monoisotopic (exact) mass is 192 g/mol. The van der Waals surface area contributed by atoms with Gasteiger partial charge in [0.25, 0.3) is 0 Å². The first-order valence-corrected chi connectivity index (χ1v) is 4.80. The lowest BCUT2D eigenvalue weighted by molar-refractivity contribution is 0.302. The van der Waals surface area contributed by atoms with Crippen LogP contribution in [0.15, 0.2) is 18.2 Å². The molecule has 3 N–H and O–H groups in total. The van der Waals surface area contributed by atoms with Crippen LogP contribution in [0.5, 0.6) is 0 Å². The number of aryl methyl sites for hydroxylation is 1. The van der Waals surface area contributed by atoms with Gasteiger partial charge in [0, 0.05) is 5.56 Å². The molecular formula is C11H13FN2. The number of nitrogen functional groups attached to an aromatic ring is 1. The Morgan fingerprint density at radius 1 is 1.50 bits per heavy atom. The summed E-state index contributed by atoms with van der Waals surface area (Å²) in [6, 6.07) is 5.32. The van der Waals surface area contributed by atoms with Gasteiger partial charge >= 0.3 is 0 Å². The number of amidine groups is 1. The summed E-state index contributed by atoms with van der Waals surface area (Å²) in [5.41, 5.74) is 7.85. The summed E-state index contributed by atoms with van der Waals surface area (Å²) < 4.78 is 13.4. The fourth-order valence-electron chi connectivity index (χ4n) is 1.92. The van der Waals surface area contributed by atoms with E-state index in [0.717, 1.165) is 24.0 Å². The second-order valence-electron chi connectivity index (χ2n) is 3.69. The van der Waals surface area contributed by atoms with E-state index >= 15 is 0 Å². The first-order valence-electron chi connectivity index (χ1n) is 4.80. The molecular weight excluding hydrogens is 179 g/mol. The Morgan fingerprint density at radius 3 is 3.00 bits per heavy atom. The van der Waals surface area contributed by atoms with Crippen molar-refractivity contribution in [2.24, 2.45) is 5.73 Å². The number of fused-ring (bicyclic) bond motifs is 1. The average molecular weight is 192 g/mol. The van der Waals surface area contributed by atoms with Gasteiger partial charge in [0.2, 0.25) is 0 Å². The molecule has 1 aromatic carbocycles. The van der Waals surface area contributed by atoms with Crippen molar-refractivity contribution >= 4 is 5.84 Å². The molecule has 0 heterocycles. The van der Waals surface area contributed by atoms with E-state index in [1.54, 1.807) is 12.1 Å². The first kappa shape index (κ1) is 9.19. The molecule has 0 amide bonds. The third-order valence-corrected chi connectivity index (χ3v) is 2.70. The van der Waals surface area contributed by atoms with Gasteiger partial charge in [0.15, 0.2) is 0 Å². The minimum Gasteiger partial charge on any atom is -0.384 e. The number of nitrogens with one attached hydrogen (secondary N) is 1. The zero-order valence-corrected chi connectivity index (χ0v) is 7.89. The van der Waals surface area contributed by atoms with Crippen molar-refractivity contribution in [3.8, 4) is 0 Å². The van der Waals surface area contributed by atoms with Crippen LogP contribution in [0.4, 0.5) is 4.39 Å². The van der Waals surface area contributed by atoms with E-state index in [1.165, 1.54) is 0 Å². The Hall–Kier alpha value is -1.38. The summed E-state index contributed by atoms with van der Waals surface area (Å²) in [5, 5.41) is 7.29. The average Bonchev–Trinajstić information content (AvgIpc) is 2.17. The van der Waals surface area contributed by atoms with Gasteiger partial charge in [-0.2, -0.15) is 0 Å². The van der Waals surface area contributed by atoms with Crippen molar-refractivity contribution in [2.75, 3.05) is 0 Å². The molecule has 0 spiro atoms. The van der Waals surface area contributed by atoms with Crippen LogP contribution in [0.1, 0.15) is 35.7 Å². The van der Waals surface area contributed by atoms with Crippen molar-refractivity contribution in [1.82, 2.24) is 0 Å². The molecule has 1 atom stereocenters. The predicted molar refractivity (Wildman–Crippen MR) is 54.2 cm³/mol. The fourth-order valence-corrected chi connectivity index (χ4v) is 1.92. The lowest BCUT2D eigenvalue weighted by atomic mass is 9.89. The maximum Gasteiger partial charge on any atom is 0.125 e. The molecule has 0 saturated carbocycles. The van der Waals surface area contributed by atoms with Crippen LogP contribution in [0.25, 0.3) is 0 Å². The van der Waals surface area contributed by atoms with Gasteiger partial charge in [-0.05, 0) is 36.5 Å².